The minimum Gasteiger partial charge on any atom is -0.458 e. The van der Waals surface area contributed by atoms with Crippen molar-refractivity contribution in [1.82, 2.24) is 0 Å². The maximum absolute atomic E-state index is 13.9. The molecule has 0 aliphatic heterocycles. The van der Waals surface area contributed by atoms with Gasteiger partial charge in [0, 0.05) is 35.5 Å². The predicted octanol–water partition coefficient (Wildman–Crippen LogP) is 5.52. The zero-order valence-corrected chi connectivity index (χ0v) is 28.4. The molecule has 0 unspecified atom stereocenters. The molecule has 0 radical (unpaired) electrons. The van der Waals surface area contributed by atoms with Gasteiger partial charge in [-0.15, -0.1) is 0 Å². The topological polar surface area (TPSA) is 136 Å². The normalized spacial score (nSPS) is 33.3. The van der Waals surface area contributed by atoms with Crippen molar-refractivity contribution in [2.75, 3.05) is 6.61 Å². The Morgan fingerprint density at radius 3 is 1.86 bits per heavy atom. The van der Waals surface area contributed by atoms with E-state index in [1.807, 2.05) is 13.8 Å². The van der Waals surface area contributed by atoms with Gasteiger partial charge in [0.1, 0.15) is 18.3 Å². The van der Waals surface area contributed by atoms with Crippen LogP contribution >= 0.6 is 0 Å². The van der Waals surface area contributed by atoms with Crippen molar-refractivity contribution < 1.29 is 43.6 Å². The fourth-order valence-electron chi connectivity index (χ4n) is 9.17. The average molecular weight is 677 g/mol. The number of rotatable bonds is 7. The molecule has 0 spiro atoms. The number of hydrogen-bond donors (Lipinski definition) is 2. The smallest absolute Gasteiger partial charge is 0.338 e. The predicted molar refractivity (Wildman–Crippen MR) is 182 cm³/mol. The number of fused-ring (bicyclic) bond motifs is 5. The van der Waals surface area contributed by atoms with Gasteiger partial charge < -0.3 is 24.4 Å². The highest BCUT2D eigenvalue weighted by Gasteiger charge is 2.88. The van der Waals surface area contributed by atoms with Gasteiger partial charge in [-0.25, -0.2) is 14.4 Å². The molecule has 0 amide bonds. The number of esters is 3. The van der Waals surface area contributed by atoms with Crippen LogP contribution in [0.25, 0.3) is 0 Å². The molecular weight excluding hydrogens is 636 g/mol. The Bertz CT molecular complexity index is 1920. The molecule has 2 fully saturated rings. The second kappa shape index (κ2) is 11.9. The molecule has 7 rings (SSSR count). The minimum absolute atomic E-state index is 0.198. The van der Waals surface area contributed by atoms with Gasteiger partial charge >= 0.3 is 17.9 Å². The van der Waals surface area contributed by atoms with E-state index >= 15 is 0 Å². The standard InChI is InChI=1S/C41H40O9/c1-24-20-31-39(46,33(24)42)22-26(23-48-35(43)27-14-8-5-9-15-27)21-30-32-38(3,4)41(32,50-37(45)29-18-12-7-13-19-29)34(25(2)40(30,31)47)49-36(44)28-16-10-6-11-17-28/h5-21,25,30-32,34,46-47H,22-23H2,1-4H3/t25-,30+,31-,32-,34-,39-,40-,41-/m1/s1. The summed E-state index contributed by atoms with van der Waals surface area (Å²) < 4.78 is 18.5. The van der Waals surface area contributed by atoms with Gasteiger partial charge in [0.25, 0.3) is 0 Å². The highest BCUT2D eigenvalue weighted by atomic mass is 16.6. The van der Waals surface area contributed by atoms with Crippen LogP contribution in [0.4, 0.5) is 0 Å². The number of ketones is 1. The number of hydrogen-bond acceptors (Lipinski definition) is 9. The monoisotopic (exact) mass is 676 g/mol. The van der Waals surface area contributed by atoms with Crippen molar-refractivity contribution in [1.29, 1.82) is 0 Å². The molecule has 4 aliphatic rings. The summed E-state index contributed by atoms with van der Waals surface area (Å²) in [5.74, 6) is -5.92. The summed E-state index contributed by atoms with van der Waals surface area (Å²) in [6.07, 6.45) is 2.01. The zero-order chi connectivity index (χ0) is 35.6. The van der Waals surface area contributed by atoms with E-state index in [9.17, 15) is 29.4 Å². The summed E-state index contributed by atoms with van der Waals surface area (Å²) in [4.78, 5) is 54.4. The fourth-order valence-corrected chi connectivity index (χ4v) is 9.17. The van der Waals surface area contributed by atoms with Crippen molar-refractivity contribution in [3.8, 4) is 0 Å². The molecule has 50 heavy (non-hydrogen) atoms. The molecule has 9 nitrogen and oxygen atoms in total. The summed E-state index contributed by atoms with van der Waals surface area (Å²) in [5.41, 5.74) is -4.55. The quantitative estimate of drug-likeness (QED) is 0.188. The number of benzene rings is 3. The van der Waals surface area contributed by atoms with Crippen molar-refractivity contribution >= 4 is 23.7 Å². The van der Waals surface area contributed by atoms with Crippen molar-refractivity contribution in [3.63, 3.8) is 0 Å². The van der Waals surface area contributed by atoms with Gasteiger partial charge in [-0.05, 0) is 54.5 Å². The summed E-state index contributed by atoms with van der Waals surface area (Å²) in [5, 5.41) is 25.5. The molecular formula is C41H40O9. The van der Waals surface area contributed by atoms with Crippen LogP contribution in [0.1, 0.15) is 65.2 Å². The lowest BCUT2D eigenvalue weighted by atomic mass is 9.59. The van der Waals surface area contributed by atoms with E-state index in [0.717, 1.165) is 0 Å². The minimum atomic E-state index is -2.07. The third-order valence-corrected chi connectivity index (χ3v) is 11.7. The van der Waals surface area contributed by atoms with E-state index in [1.165, 1.54) is 0 Å². The van der Waals surface area contributed by atoms with Crippen molar-refractivity contribution in [3.05, 3.63) is 131 Å². The van der Waals surface area contributed by atoms with Gasteiger partial charge in [-0.1, -0.05) is 87.5 Å². The molecule has 2 N–H and O–H groups in total. The first kappa shape index (κ1) is 33.6. The van der Waals surface area contributed by atoms with Gasteiger partial charge in [0.15, 0.2) is 11.4 Å². The van der Waals surface area contributed by atoms with Crippen LogP contribution in [-0.2, 0) is 19.0 Å². The van der Waals surface area contributed by atoms with E-state index in [0.29, 0.717) is 22.3 Å². The van der Waals surface area contributed by atoms with Gasteiger partial charge in [-0.2, -0.15) is 0 Å². The van der Waals surface area contributed by atoms with Crippen LogP contribution in [0, 0.1) is 29.1 Å². The average Bonchev–Trinajstić information content (AvgIpc) is 3.55. The lowest BCUT2D eigenvalue weighted by Crippen LogP contribution is -2.66. The third kappa shape index (κ3) is 4.89. The molecule has 8 atom stereocenters. The molecule has 0 aromatic heterocycles. The first-order chi connectivity index (χ1) is 23.8. The van der Waals surface area contributed by atoms with Gasteiger partial charge in [-0.3, -0.25) is 4.79 Å². The van der Waals surface area contributed by atoms with Crippen LogP contribution in [0.5, 0.6) is 0 Å². The second-order valence-corrected chi connectivity index (χ2v) is 14.7. The molecule has 4 aliphatic carbocycles. The summed E-state index contributed by atoms with van der Waals surface area (Å²) in [6.45, 7) is 6.86. The SMILES string of the molecule is CC1=C[C@H]2[C@@]3(O)[C@H](C)[C@@H](OC(=O)c4ccccc4)[C@]4(OC(=O)c5ccccc5)[C@H]([C@@H]3C=C(COC(=O)c3ccccc3)C[C@]2(O)C1=O)C4(C)C. The van der Waals surface area contributed by atoms with Gasteiger partial charge in [0.05, 0.1) is 22.3 Å². The lowest BCUT2D eigenvalue weighted by molar-refractivity contribution is -0.210. The Balaban J connectivity index is 1.35. The van der Waals surface area contributed by atoms with Crippen LogP contribution in [0.2, 0.25) is 0 Å². The van der Waals surface area contributed by atoms with E-state index in [4.69, 9.17) is 14.2 Å². The molecule has 2 saturated carbocycles. The maximum Gasteiger partial charge on any atom is 0.338 e. The molecule has 258 valence electrons. The Morgan fingerprint density at radius 2 is 1.30 bits per heavy atom. The number of Topliss-reactive ketones (excluding diaryl/α,β-unsaturated/α-hetero) is 1. The van der Waals surface area contributed by atoms with E-state index in [1.54, 1.807) is 117 Å². The second-order valence-electron chi connectivity index (χ2n) is 14.7. The van der Waals surface area contributed by atoms with Crippen molar-refractivity contribution in [2.24, 2.45) is 29.1 Å². The van der Waals surface area contributed by atoms with E-state index < -0.39 is 75.7 Å². The van der Waals surface area contributed by atoms with Crippen LogP contribution < -0.4 is 0 Å². The Kier molecular flexibility index (Phi) is 7.99. The number of ether oxygens (including phenoxy) is 3. The fraction of sp³-hybridized carbons (Fsp3) is 0.366. The molecule has 0 saturated heterocycles. The molecule has 3 aromatic carbocycles. The maximum atomic E-state index is 13.9. The van der Waals surface area contributed by atoms with Crippen LogP contribution in [0.3, 0.4) is 0 Å². The number of carbonyl (C=O) groups is 4. The largest absolute Gasteiger partial charge is 0.458 e. The molecule has 0 heterocycles. The Hall–Kier alpha value is -4.86. The highest BCUT2D eigenvalue weighted by molar-refractivity contribution is 6.05. The highest BCUT2D eigenvalue weighted by Crippen LogP contribution is 2.77. The molecule has 0 bridgehead atoms. The van der Waals surface area contributed by atoms with Crippen molar-refractivity contribution in [2.45, 2.75) is 57.0 Å². The molecule has 9 heteroatoms. The molecule has 3 aromatic rings. The number of aliphatic hydroxyl groups is 2. The van der Waals surface area contributed by atoms with Gasteiger partial charge in [0.2, 0.25) is 0 Å². The van der Waals surface area contributed by atoms with E-state index in [-0.39, 0.29) is 18.6 Å². The summed E-state index contributed by atoms with van der Waals surface area (Å²) in [6, 6.07) is 25.4. The first-order valence-electron chi connectivity index (χ1n) is 16.9. The Morgan fingerprint density at radius 1 is 0.780 bits per heavy atom. The zero-order valence-electron chi connectivity index (χ0n) is 28.4. The summed E-state index contributed by atoms with van der Waals surface area (Å²) in [7, 11) is 0. The first-order valence-corrected chi connectivity index (χ1v) is 16.9. The van der Waals surface area contributed by atoms with E-state index in [2.05, 4.69) is 0 Å². The third-order valence-electron chi connectivity index (χ3n) is 11.7. The summed E-state index contributed by atoms with van der Waals surface area (Å²) >= 11 is 0. The van der Waals surface area contributed by atoms with Crippen LogP contribution in [-0.4, -0.2) is 63.4 Å². The van der Waals surface area contributed by atoms with Crippen LogP contribution in [0.15, 0.2) is 114 Å². The Labute approximate surface area is 290 Å². The lowest BCUT2D eigenvalue weighted by Gasteiger charge is -2.53. The number of carbonyl (C=O) groups excluding carboxylic acids is 4.